The predicted molar refractivity (Wildman–Crippen MR) is 76.7 cm³/mol. The Morgan fingerprint density at radius 1 is 0.889 bits per heavy atom. The van der Waals surface area contributed by atoms with Gasteiger partial charge in [-0.05, 0) is 56.8 Å². The summed E-state index contributed by atoms with van der Waals surface area (Å²) < 4.78 is 0. The fourth-order valence-electron chi connectivity index (χ4n) is 3.98. The smallest absolute Gasteiger partial charge is 0.0209 e. The van der Waals surface area contributed by atoms with Gasteiger partial charge < -0.3 is 5.32 Å². The van der Waals surface area contributed by atoms with Crippen molar-refractivity contribution in [2.75, 3.05) is 13.1 Å². The molecule has 0 radical (unpaired) electrons. The van der Waals surface area contributed by atoms with Crippen LogP contribution in [0.4, 0.5) is 0 Å². The summed E-state index contributed by atoms with van der Waals surface area (Å²) in [6.45, 7) is 7.46. The van der Waals surface area contributed by atoms with Crippen LogP contribution in [0.25, 0.3) is 0 Å². The molecule has 3 aliphatic rings. The summed E-state index contributed by atoms with van der Waals surface area (Å²) in [5, 5.41) is 3.95. The normalized spacial score (nSPS) is 38.5. The molecular weight excluding hydrogens is 220 g/mol. The lowest BCUT2D eigenvalue weighted by Gasteiger charge is -2.33. The van der Waals surface area contributed by atoms with Crippen LogP contribution < -0.4 is 5.32 Å². The van der Waals surface area contributed by atoms with E-state index in [4.69, 9.17) is 0 Å². The number of hydrogen-bond donors (Lipinski definition) is 1. The second-order valence-electron chi connectivity index (χ2n) is 7.23. The minimum absolute atomic E-state index is 0.797. The minimum Gasteiger partial charge on any atom is -0.310 e. The van der Waals surface area contributed by atoms with Crippen LogP contribution in [0.2, 0.25) is 0 Å². The lowest BCUT2D eigenvalue weighted by molar-refractivity contribution is 0.226. The van der Waals surface area contributed by atoms with Crippen LogP contribution in [-0.4, -0.2) is 36.1 Å². The van der Waals surface area contributed by atoms with Crippen LogP contribution in [0, 0.1) is 11.8 Å². The average Bonchev–Trinajstić information content (AvgIpc) is 3.11. The summed E-state index contributed by atoms with van der Waals surface area (Å²) in [6, 6.07) is 2.59. The van der Waals surface area contributed by atoms with Crippen molar-refractivity contribution in [3.05, 3.63) is 0 Å². The van der Waals surface area contributed by atoms with Crippen LogP contribution in [0.3, 0.4) is 0 Å². The molecule has 18 heavy (non-hydrogen) atoms. The highest BCUT2D eigenvalue weighted by molar-refractivity contribution is 4.93. The van der Waals surface area contributed by atoms with Crippen molar-refractivity contribution < 1.29 is 0 Å². The molecule has 3 rings (SSSR count). The molecule has 1 heterocycles. The number of nitrogens with one attached hydrogen (secondary N) is 1. The maximum Gasteiger partial charge on any atom is 0.0209 e. The Labute approximate surface area is 113 Å². The third-order valence-electron chi connectivity index (χ3n) is 5.47. The molecule has 2 heteroatoms. The summed E-state index contributed by atoms with van der Waals surface area (Å²) in [7, 11) is 0. The van der Waals surface area contributed by atoms with E-state index < -0.39 is 0 Å². The number of hydrogen-bond acceptors (Lipinski definition) is 2. The maximum atomic E-state index is 3.95. The first-order chi connectivity index (χ1) is 8.72. The van der Waals surface area contributed by atoms with Crippen LogP contribution >= 0.6 is 0 Å². The first kappa shape index (κ1) is 12.9. The number of likely N-dealkylation sites (tertiary alicyclic amines) is 1. The summed E-state index contributed by atoms with van der Waals surface area (Å²) in [5.41, 5.74) is 0. The van der Waals surface area contributed by atoms with Crippen LogP contribution in [0.5, 0.6) is 0 Å². The average molecular weight is 250 g/mol. The molecular formula is C16H30N2. The van der Waals surface area contributed by atoms with Gasteiger partial charge in [0.2, 0.25) is 0 Å². The molecule has 104 valence electrons. The van der Waals surface area contributed by atoms with Gasteiger partial charge in [0.1, 0.15) is 0 Å². The van der Waals surface area contributed by atoms with Crippen molar-refractivity contribution in [1.82, 2.24) is 10.2 Å². The molecule has 2 saturated carbocycles. The molecule has 0 bridgehead atoms. The van der Waals surface area contributed by atoms with E-state index in [0.29, 0.717) is 0 Å². The van der Waals surface area contributed by atoms with Gasteiger partial charge in [-0.3, -0.25) is 4.90 Å². The van der Waals surface area contributed by atoms with Crippen LogP contribution in [-0.2, 0) is 0 Å². The zero-order valence-corrected chi connectivity index (χ0v) is 12.2. The SMILES string of the molecule is CC(C)C1CCC(NC2CCN(C3CC3)C2)CC1. The van der Waals surface area contributed by atoms with Crippen LogP contribution in [0.15, 0.2) is 0 Å². The van der Waals surface area contributed by atoms with Gasteiger partial charge >= 0.3 is 0 Å². The van der Waals surface area contributed by atoms with Gasteiger partial charge in [-0.15, -0.1) is 0 Å². The number of nitrogens with zero attached hydrogens (tertiary/aromatic N) is 1. The fourth-order valence-corrected chi connectivity index (χ4v) is 3.98. The van der Waals surface area contributed by atoms with Gasteiger partial charge in [0.15, 0.2) is 0 Å². The Balaban J connectivity index is 1.39. The van der Waals surface area contributed by atoms with Gasteiger partial charge in [-0.1, -0.05) is 13.8 Å². The second kappa shape index (κ2) is 5.50. The third-order valence-corrected chi connectivity index (χ3v) is 5.47. The van der Waals surface area contributed by atoms with Crippen molar-refractivity contribution >= 4 is 0 Å². The van der Waals surface area contributed by atoms with E-state index in [-0.39, 0.29) is 0 Å². The molecule has 1 saturated heterocycles. The van der Waals surface area contributed by atoms with Gasteiger partial charge in [-0.25, -0.2) is 0 Å². The monoisotopic (exact) mass is 250 g/mol. The zero-order valence-electron chi connectivity index (χ0n) is 12.2. The van der Waals surface area contributed by atoms with E-state index in [9.17, 15) is 0 Å². The quantitative estimate of drug-likeness (QED) is 0.825. The molecule has 1 aliphatic heterocycles. The van der Waals surface area contributed by atoms with E-state index in [1.807, 2.05) is 0 Å². The molecule has 1 atom stereocenters. The molecule has 3 fully saturated rings. The Hall–Kier alpha value is -0.0800. The van der Waals surface area contributed by atoms with E-state index in [1.54, 1.807) is 0 Å². The van der Waals surface area contributed by atoms with Crippen molar-refractivity contribution in [1.29, 1.82) is 0 Å². The molecule has 0 spiro atoms. The van der Waals surface area contributed by atoms with Gasteiger partial charge in [-0.2, -0.15) is 0 Å². The molecule has 0 aromatic heterocycles. The summed E-state index contributed by atoms with van der Waals surface area (Å²) >= 11 is 0. The van der Waals surface area contributed by atoms with Crippen molar-refractivity contribution in [3.63, 3.8) is 0 Å². The largest absolute Gasteiger partial charge is 0.310 e. The summed E-state index contributed by atoms with van der Waals surface area (Å²) in [4.78, 5) is 2.72. The van der Waals surface area contributed by atoms with Gasteiger partial charge in [0.05, 0.1) is 0 Å². The molecule has 2 aliphatic carbocycles. The molecule has 1 N–H and O–H groups in total. The standard InChI is InChI=1S/C16H30N2/c1-12(2)13-3-5-14(6-4-13)17-15-9-10-18(11-15)16-7-8-16/h12-17H,3-11H2,1-2H3. The lowest BCUT2D eigenvalue weighted by Crippen LogP contribution is -2.42. The van der Waals surface area contributed by atoms with E-state index >= 15 is 0 Å². The van der Waals surface area contributed by atoms with E-state index in [0.717, 1.165) is 30.0 Å². The Morgan fingerprint density at radius 2 is 1.61 bits per heavy atom. The number of rotatable bonds is 4. The molecule has 2 nitrogen and oxygen atoms in total. The highest BCUT2D eigenvalue weighted by Crippen LogP contribution is 2.32. The van der Waals surface area contributed by atoms with E-state index in [1.165, 1.54) is 58.0 Å². The van der Waals surface area contributed by atoms with Gasteiger partial charge in [0, 0.05) is 31.2 Å². The minimum atomic E-state index is 0.797. The second-order valence-corrected chi connectivity index (χ2v) is 7.23. The predicted octanol–water partition coefficient (Wildman–Crippen LogP) is 3.03. The van der Waals surface area contributed by atoms with Crippen molar-refractivity contribution in [2.45, 2.75) is 76.9 Å². The van der Waals surface area contributed by atoms with Gasteiger partial charge in [0.25, 0.3) is 0 Å². The molecule has 0 aromatic carbocycles. The first-order valence-electron chi connectivity index (χ1n) is 8.22. The summed E-state index contributed by atoms with van der Waals surface area (Å²) in [6.07, 6.45) is 10.1. The third kappa shape index (κ3) is 3.08. The fraction of sp³-hybridized carbons (Fsp3) is 1.00. The lowest BCUT2D eigenvalue weighted by atomic mass is 9.79. The van der Waals surface area contributed by atoms with E-state index in [2.05, 4.69) is 24.1 Å². The van der Waals surface area contributed by atoms with Crippen LogP contribution in [0.1, 0.15) is 58.8 Å². The maximum absolute atomic E-state index is 3.95. The first-order valence-corrected chi connectivity index (χ1v) is 8.22. The Bertz CT molecular complexity index is 264. The molecule has 1 unspecified atom stereocenters. The summed E-state index contributed by atoms with van der Waals surface area (Å²) in [5.74, 6) is 1.89. The van der Waals surface area contributed by atoms with Crippen molar-refractivity contribution in [2.24, 2.45) is 11.8 Å². The highest BCUT2D eigenvalue weighted by Gasteiger charge is 2.35. The zero-order chi connectivity index (χ0) is 12.5. The Kier molecular flexibility index (Phi) is 3.95. The molecule has 0 aromatic rings. The Morgan fingerprint density at radius 3 is 2.22 bits per heavy atom. The highest BCUT2D eigenvalue weighted by atomic mass is 15.2. The topological polar surface area (TPSA) is 15.3 Å². The molecule has 0 amide bonds. The van der Waals surface area contributed by atoms with Crippen molar-refractivity contribution in [3.8, 4) is 0 Å².